The van der Waals surface area contributed by atoms with Gasteiger partial charge in [-0.1, -0.05) is 29.3 Å². The first-order valence-corrected chi connectivity index (χ1v) is 4.66. The van der Waals surface area contributed by atoms with Crippen LogP contribution >= 0.6 is 23.2 Å². The Morgan fingerprint density at radius 1 is 1.50 bits per heavy atom. The molecule has 0 fully saturated rings. The van der Waals surface area contributed by atoms with Gasteiger partial charge in [0.25, 0.3) is 0 Å². The summed E-state index contributed by atoms with van der Waals surface area (Å²) < 4.78 is 0. The SMILES string of the molecule is [B][B]NC(=O)Cc1ccc(Cl)cc1Cl. The zero-order valence-corrected chi connectivity index (χ0v) is 8.77. The molecule has 0 unspecified atom stereocenters. The monoisotopic (exact) mass is 224 g/mol. The van der Waals surface area contributed by atoms with Gasteiger partial charge in [-0.05, 0) is 17.7 Å². The molecule has 0 aliphatic heterocycles. The molecule has 0 aliphatic carbocycles. The lowest BCUT2D eigenvalue weighted by Gasteiger charge is -2.04. The van der Waals surface area contributed by atoms with E-state index in [0.29, 0.717) is 10.0 Å². The van der Waals surface area contributed by atoms with Crippen LogP contribution in [0.5, 0.6) is 0 Å². The molecule has 0 heterocycles. The summed E-state index contributed by atoms with van der Waals surface area (Å²) in [6.45, 7) is 0. The van der Waals surface area contributed by atoms with E-state index in [-0.39, 0.29) is 12.3 Å². The van der Waals surface area contributed by atoms with Crippen molar-refractivity contribution in [1.29, 1.82) is 0 Å². The molecule has 2 nitrogen and oxygen atoms in total. The molecule has 0 saturated heterocycles. The number of carbonyl (C=O) groups excluding carboxylic acids is 1. The van der Waals surface area contributed by atoms with Crippen molar-refractivity contribution in [1.82, 2.24) is 5.23 Å². The molecule has 1 amide bonds. The molecule has 1 aromatic rings. The van der Waals surface area contributed by atoms with E-state index in [1.807, 2.05) is 0 Å². The second-order valence-corrected chi connectivity index (χ2v) is 3.49. The molecular weight excluding hydrogens is 219 g/mol. The van der Waals surface area contributed by atoms with E-state index in [1.54, 1.807) is 18.2 Å². The van der Waals surface area contributed by atoms with Crippen molar-refractivity contribution in [2.45, 2.75) is 6.42 Å². The van der Waals surface area contributed by atoms with Gasteiger partial charge in [0.1, 0.15) is 0 Å². The van der Waals surface area contributed by atoms with Gasteiger partial charge in [0.15, 0.2) is 7.31 Å². The number of hydrogen-bond acceptors (Lipinski definition) is 1. The van der Waals surface area contributed by atoms with Crippen LogP contribution in [0.1, 0.15) is 5.56 Å². The van der Waals surface area contributed by atoms with Crippen LogP contribution in [0.4, 0.5) is 0 Å². The maximum atomic E-state index is 11.1. The third-order valence-corrected chi connectivity index (χ3v) is 2.20. The van der Waals surface area contributed by atoms with E-state index >= 15 is 0 Å². The average molecular weight is 225 g/mol. The van der Waals surface area contributed by atoms with Gasteiger partial charge in [-0.3, -0.25) is 4.79 Å². The summed E-state index contributed by atoms with van der Waals surface area (Å²) in [7, 11) is 6.12. The number of carbonyl (C=O) groups is 1. The van der Waals surface area contributed by atoms with Gasteiger partial charge in [-0.2, -0.15) is 0 Å². The Labute approximate surface area is 94.6 Å². The van der Waals surface area contributed by atoms with Crippen LogP contribution in [-0.2, 0) is 11.2 Å². The highest BCUT2D eigenvalue weighted by Gasteiger charge is 2.06. The van der Waals surface area contributed by atoms with Gasteiger partial charge >= 0.3 is 0 Å². The minimum Gasteiger partial charge on any atom is -0.412 e. The van der Waals surface area contributed by atoms with Crippen molar-refractivity contribution < 1.29 is 4.79 Å². The summed E-state index contributed by atoms with van der Waals surface area (Å²) >= 11 is 11.6. The van der Waals surface area contributed by atoms with Crippen LogP contribution in [0.3, 0.4) is 0 Å². The number of nitrogens with one attached hydrogen (secondary N) is 1. The highest BCUT2D eigenvalue weighted by molar-refractivity contribution is 6.89. The zero-order valence-electron chi connectivity index (χ0n) is 7.26. The largest absolute Gasteiger partial charge is 0.412 e. The Balaban J connectivity index is 2.72. The minimum absolute atomic E-state index is 0.184. The van der Waals surface area contributed by atoms with Gasteiger partial charge in [-0.15, -0.1) is 0 Å². The predicted octanol–water partition coefficient (Wildman–Crippen LogP) is 1.35. The molecular formula is C8H6B2Cl2NO. The molecule has 3 radical (unpaired) electrons. The van der Waals surface area contributed by atoms with Gasteiger partial charge in [0.05, 0.1) is 6.42 Å². The highest BCUT2D eigenvalue weighted by atomic mass is 35.5. The van der Waals surface area contributed by atoms with Crippen molar-refractivity contribution in [3.63, 3.8) is 0 Å². The fraction of sp³-hybridized carbons (Fsp3) is 0.125. The number of benzene rings is 1. The molecule has 0 aliphatic rings. The van der Waals surface area contributed by atoms with Crippen molar-refractivity contribution in [2.75, 3.05) is 0 Å². The van der Waals surface area contributed by atoms with Gasteiger partial charge in [0, 0.05) is 17.8 Å². The first-order chi connectivity index (χ1) is 6.63. The molecule has 6 heteroatoms. The number of amides is 1. The summed E-state index contributed by atoms with van der Waals surface area (Å²) in [5.41, 5.74) is 0.718. The van der Waals surface area contributed by atoms with E-state index in [0.717, 1.165) is 12.9 Å². The first-order valence-electron chi connectivity index (χ1n) is 3.90. The van der Waals surface area contributed by atoms with E-state index in [1.165, 1.54) is 0 Å². The fourth-order valence-electron chi connectivity index (χ4n) is 0.982. The Kier molecular flexibility index (Phi) is 4.36. The summed E-state index contributed by atoms with van der Waals surface area (Å²) in [4.78, 5) is 11.1. The topological polar surface area (TPSA) is 29.1 Å². The van der Waals surface area contributed by atoms with Crippen molar-refractivity contribution >= 4 is 44.2 Å². The number of rotatable bonds is 3. The summed E-state index contributed by atoms with van der Waals surface area (Å²) in [5.74, 6) is -0.211. The van der Waals surface area contributed by atoms with Gasteiger partial charge < -0.3 is 5.23 Å². The Bertz CT molecular complexity index is 346. The number of hydrogen-bond donors (Lipinski definition) is 1. The van der Waals surface area contributed by atoms with E-state index in [4.69, 9.17) is 30.9 Å². The molecule has 0 bridgehead atoms. The van der Waals surface area contributed by atoms with Crippen LogP contribution < -0.4 is 5.23 Å². The molecule has 1 aromatic carbocycles. The molecule has 0 aromatic heterocycles. The predicted molar refractivity (Wildman–Crippen MR) is 59.8 cm³/mol. The number of halogens is 2. The molecule has 14 heavy (non-hydrogen) atoms. The Morgan fingerprint density at radius 3 is 2.79 bits per heavy atom. The molecule has 0 atom stereocenters. The van der Waals surface area contributed by atoms with E-state index < -0.39 is 0 Å². The van der Waals surface area contributed by atoms with Crippen molar-refractivity contribution in [2.24, 2.45) is 0 Å². The lowest BCUT2D eigenvalue weighted by atomic mass is 9.67. The van der Waals surface area contributed by atoms with Crippen LogP contribution in [0.25, 0.3) is 0 Å². The fourth-order valence-corrected chi connectivity index (χ4v) is 1.46. The van der Waals surface area contributed by atoms with Crippen molar-refractivity contribution in [3.8, 4) is 0 Å². The molecule has 69 valence electrons. The minimum atomic E-state index is -0.211. The molecule has 1 rings (SSSR count). The lowest BCUT2D eigenvalue weighted by Crippen LogP contribution is -2.29. The zero-order chi connectivity index (χ0) is 10.6. The average Bonchev–Trinajstić information content (AvgIpc) is 2.10. The summed E-state index contributed by atoms with van der Waals surface area (Å²) in [6.07, 6.45) is 0.184. The van der Waals surface area contributed by atoms with Crippen LogP contribution in [0.2, 0.25) is 10.0 Å². The summed E-state index contributed by atoms with van der Waals surface area (Å²) in [5, 5.41) is 3.38. The third kappa shape index (κ3) is 3.28. The van der Waals surface area contributed by atoms with E-state index in [9.17, 15) is 4.79 Å². The Hall–Kier alpha value is -0.600. The maximum absolute atomic E-state index is 11.1. The lowest BCUT2D eigenvalue weighted by molar-refractivity contribution is -0.118. The van der Waals surface area contributed by atoms with Crippen molar-refractivity contribution in [3.05, 3.63) is 33.8 Å². The molecule has 0 saturated carbocycles. The normalized spacial score (nSPS) is 9.57. The van der Waals surface area contributed by atoms with Gasteiger partial charge in [0.2, 0.25) is 5.91 Å². The quantitative estimate of drug-likeness (QED) is 0.772. The standard InChI is InChI=1S/C8H6B2Cl2NO/c9-10-13-8(14)3-5-1-2-6(11)4-7(5)12/h1-2,4H,3H2,(H,13,14). The first kappa shape index (κ1) is 11.5. The smallest absolute Gasteiger partial charge is 0.211 e. The van der Waals surface area contributed by atoms with Gasteiger partial charge in [-0.25, -0.2) is 0 Å². The maximum Gasteiger partial charge on any atom is 0.211 e. The van der Waals surface area contributed by atoms with Crippen LogP contribution in [0.15, 0.2) is 18.2 Å². The van der Waals surface area contributed by atoms with Crippen LogP contribution in [-0.4, -0.2) is 20.9 Å². The summed E-state index contributed by atoms with van der Waals surface area (Å²) in [6, 6.07) is 4.99. The Morgan fingerprint density at radius 2 is 2.21 bits per heavy atom. The second-order valence-electron chi connectivity index (χ2n) is 2.65. The van der Waals surface area contributed by atoms with Crippen LogP contribution in [0, 0.1) is 0 Å². The third-order valence-electron chi connectivity index (χ3n) is 1.61. The highest BCUT2D eigenvalue weighted by Crippen LogP contribution is 2.21. The molecule has 0 spiro atoms. The second kappa shape index (κ2) is 5.32. The molecule has 1 N–H and O–H groups in total. The van der Waals surface area contributed by atoms with E-state index in [2.05, 4.69) is 5.23 Å².